The third-order valence-corrected chi connectivity index (χ3v) is 3.94. The molecule has 2 aromatic rings. The van der Waals surface area contributed by atoms with E-state index in [4.69, 9.17) is 9.47 Å². The molecule has 0 atom stereocenters. The van der Waals surface area contributed by atoms with Gasteiger partial charge in [0.25, 0.3) is 0 Å². The van der Waals surface area contributed by atoms with Crippen molar-refractivity contribution in [2.24, 2.45) is 0 Å². The van der Waals surface area contributed by atoms with Crippen LogP contribution in [-0.4, -0.2) is 31.1 Å². The predicted octanol–water partition coefficient (Wildman–Crippen LogP) is 4.28. The van der Waals surface area contributed by atoms with Gasteiger partial charge >= 0.3 is 0 Å². The fourth-order valence-corrected chi connectivity index (χ4v) is 2.68. The maximum atomic E-state index is 13.5. The van der Waals surface area contributed by atoms with E-state index in [0.29, 0.717) is 12.4 Å². The van der Waals surface area contributed by atoms with Crippen molar-refractivity contribution in [1.82, 2.24) is 4.90 Å². The highest BCUT2D eigenvalue weighted by Crippen LogP contribution is 2.25. The Kier molecular flexibility index (Phi) is 5.48. The number of rotatable bonds is 6. The third-order valence-electron chi connectivity index (χ3n) is 3.94. The van der Waals surface area contributed by atoms with Crippen LogP contribution in [0, 0.1) is 11.9 Å². The molecule has 1 aliphatic rings. The van der Waals surface area contributed by atoms with Crippen LogP contribution in [0.2, 0.25) is 0 Å². The van der Waals surface area contributed by atoms with Gasteiger partial charge < -0.3 is 9.47 Å². The van der Waals surface area contributed by atoms with Gasteiger partial charge in [-0.05, 0) is 56.3 Å². The molecule has 0 amide bonds. The van der Waals surface area contributed by atoms with Crippen LogP contribution in [0.15, 0.2) is 42.5 Å². The first-order chi connectivity index (χ1) is 11.3. The molecule has 3 rings (SSSR count). The van der Waals surface area contributed by atoms with Crippen molar-refractivity contribution in [1.29, 1.82) is 0 Å². The summed E-state index contributed by atoms with van der Waals surface area (Å²) in [4.78, 5) is 2.44. The van der Waals surface area contributed by atoms with Gasteiger partial charge in [-0.2, -0.15) is 0 Å². The summed E-state index contributed by atoms with van der Waals surface area (Å²) in [5.74, 6) is 1.04. The second-order valence-corrected chi connectivity index (χ2v) is 5.67. The van der Waals surface area contributed by atoms with Gasteiger partial charge in [0.2, 0.25) is 0 Å². The van der Waals surface area contributed by atoms with Crippen molar-refractivity contribution < 1.29 is 13.9 Å². The van der Waals surface area contributed by atoms with Gasteiger partial charge in [-0.15, -0.1) is 0 Å². The van der Waals surface area contributed by atoms with Crippen molar-refractivity contribution in [2.75, 3.05) is 26.2 Å². The lowest BCUT2D eigenvalue weighted by molar-refractivity contribution is 0.183. The molecule has 23 heavy (non-hydrogen) atoms. The van der Waals surface area contributed by atoms with Gasteiger partial charge in [0.1, 0.15) is 18.1 Å². The van der Waals surface area contributed by atoms with Crippen LogP contribution >= 0.6 is 0 Å². The van der Waals surface area contributed by atoms with Gasteiger partial charge in [-0.3, -0.25) is 4.90 Å². The number of benzene rings is 2. The molecule has 1 aliphatic heterocycles. The number of hydrogen-bond donors (Lipinski definition) is 0. The van der Waals surface area contributed by atoms with Crippen LogP contribution in [0.5, 0.6) is 17.2 Å². The molecule has 0 aromatic heterocycles. The largest absolute Gasteiger partial charge is 0.492 e. The molecule has 0 aliphatic carbocycles. The van der Waals surface area contributed by atoms with Crippen molar-refractivity contribution in [3.8, 4) is 17.2 Å². The van der Waals surface area contributed by atoms with E-state index in [0.717, 1.165) is 12.3 Å². The molecule has 3 nitrogen and oxygen atoms in total. The molecule has 4 heteroatoms. The lowest BCUT2D eigenvalue weighted by Crippen LogP contribution is -2.33. The number of para-hydroxylation sites is 1. The Balaban J connectivity index is 1.48. The Morgan fingerprint density at radius 3 is 2.48 bits per heavy atom. The summed E-state index contributed by atoms with van der Waals surface area (Å²) in [5, 5.41) is 0. The summed E-state index contributed by atoms with van der Waals surface area (Å²) in [6, 6.07) is 14.5. The Bertz CT molecular complexity index is 609. The van der Waals surface area contributed by atoms with Crippen LogP contribution in [0.4, 0.5) is 4.39 Å². The molecule has 1 radical (unpaired) electrons. The molecule has 0 N–H and O–H groups in total. The van der Waals surface area contributed by atoms with E-state index in [1.807, 2.05) is 12.1 Å². The van der Waals surface area contributed by atoms with E-state index in [9.17, 15) is 4.39 Å². The molecular weight excluding hydrogens is 293 g/mol. The number of piperidine rings is 1. The Morgan fingerprint density at radius 1 is 1.00 bits per heavy atom. The molecule has 1 saturated heterocycles. The Morgan fingerprint density at radius 2 is 1.74 bits per heavy atom. The molecule has 0 saturated carbocycles. The van der Waals surface area contributed by atoms with E-state index in [-0.39, 0.29) is 5.75 Å². The zero-order valence-corrected chi connectivity index (χ0v) is 13.1. The van der Waals surface area contributed by atoms with E-state index in [1.165, 1.54) is 38.4 Å². The fraction of sp³-hybridized carbons (Fsp3) is 0.368. The van der Waals surface area contributed by atoms with Gasteiger partial charge in [-0.25, -0.2) is 4.39 Å². The first kappa shape index (κ1) is 15.8. The number of nitrogens with zero attached hydrogens (tertiary/aromatic N) is 1. The van der Waals surface area contributed by atoms with Crippen LogP contribution in [0.25, 0.3) is 0 Å². The Hall–Kier alpha value is -2.07. The smallest absolute Gasteiger partial charge is 0.170 e. The average Bonchev–Trinajstić information content (AvgIpc) is 2.59. The lowest BCUT2D eigenvalue weighted by atomic mass is 10.1. The average molecular weight is 314 g/mol. The molecule has 0 bridgehead atoms. The highest BCUT2D eigenvalue weighted by molar-refractivity contribution is 5.35. The molecular formula is C19H21FNO2. The van der Waals surface area contributed by atoms with Crippen molar-refractivity contribution in [2.45, 2.75) is 19.3 Å². The summed E-state index contributed by atoms with van der Waals surface area (Å²) in [6.07, 6.45) is 3.93. The maximum absolute atomic E-state index is 13.5. The monoisotopic (exact) mass is 314 g/mol. The lowest BCUT2D eigenvalue weighted by Gasteiger charge is -2.26. The van der Waals surface area contributed by atoms with Gasteiger partial charge in [0.05, 0.1) is 0 Å². The van der Waals surface area contributed by atoms with Gasteiger partial charge in [0.15, 0.2) is 11.6 Å². The molecule has 2 aromatic carbocycles. The quantitative estimate of drug-likeness (QED) is 0.794. The number of halogens is 1. The van der Waals surface area contributed by atoms with E-state index < -0.39 is 5.82 Å². The van der Waals surface area contributed by atoms with Crippen LogP contribution in [0.1, 0.15) is 19.3 Å². The minimum Gasteiger partial charge on any atom is -0.492 e. The molecule has 0 spiro atoms. The van der Waals surface area contributed by atoms with Crippen LogP contribution < -0.4 is 9.47 Å². The SMILES string of the molecule is Fc1ccc[c]c1Oc1ccc(OCCN2CCCCC2)cc1. The zero-order chi connectivity index (χ0) is 15.9. The van der Waals surface area contributed by atoms with E-state index in [1.54, 1.807) is 24.3 Å². The highest BCUT2D eigenvalue weighted by Gasteiger charge is 2.09. The van der Waals surface area contributed by atoms with Crippen LogP contribution in [-0.2, 0) is 0 Å². The van der Waals surface area contributed by atoms with Crippen molar-refractivity contribution >= 4 is 0 Å². The van der Waals surface area contributed by atoms with E-state index >= 15 is 0 Å². The molecule has 121 valence electrons. The molecule has 1 heterocycles. The topological polar surface area (TPSA) is 21.7 Å². The summed E-state index contributed by atoms with van der Waals surface area (Å²) in [7, 11) is 0. The van der Waals surface area contributed by atoms with Crippen LogP contribution in [0.3, 0.4) is 0 Å². The number of ether oxygens (including phenoxy) is 2. The minimum atomic E-state index is -0.422. The number of hydrogen-bond acceptors (Lipinski definition) is 3. The minimum absolute atomic E-state index is 0.103. The predicted molar refractivity (Wildman–Crippen MR) is 87.5 cm³/mol. The second kappa shape index (κ2) is 7.97. The first-order valence-corrected chi connectivity index (χ1v) is 8.10. The summed E-state index contributed by atoms with van der Waals surface area (Å²) in [6.45, 7) is 3.99. The normalized spacial score (nSPS) is 15.3. The van der Waals surface area contributed by atoms with Gasteiger partial charge in [-0.1, -0.05) is 18.6 Å². The maximum Gasteiger partial charge on any atom is 0.170 e. The summed E-state index contributed by atoms with van der Waals surface area (Å²) >= 11 is 0. The summed E-state index contributed by atoms with van der Waals surface area (Å²) in [5.41, 5.74) is 0. The third kappa shape index (κ3) is 4.70. The molecule has 1 fully saturated rings. The van der Waals surface area contributed by atoms with Gasteiger partial charge in [0, 0.05) is 12.6 Å². The summed E-state index contributed by atoms with van der Waals surface area (Å²) < 4.78 is 24.7. The second-order valence-electron chi connectivity index (χ2n) is 5.67. The number of likely N-dealkylation sites (tertiary alicyclic amines) is 1. The van der Waals surface area contributed by atoms with E-state index in [2.05, 4.69) is 11.0 Å². The van der Waals surface area contributed by atoms with Crippen molar-refractivity contribution in [3.63, 3.8) is 0 Å². The first-order valence-electron chi connectivity index (χ1n) is 8.10. The molecule has 0 unspecified atom stereocenters. The van der Waals surface area contributed by atoms with Crippen molar-refractivity contribution in [3.05, 3.63) is 54.3 Å². The highest BCUT2D eigenvalue weighted by atomic mass is 19.1. The Labute approximate surface area is 136 Å². The fourth-order valence-electron chi connectivity index (χ4n) is 2.68. The standard InChI is InChI=1S/C19H21FNO2/c20-18-6-2-3-7-19(18)23-17-10-8-16(9-11-17)22-15-14-21-12-4-1-5-13-21/h2-3,6,8-11H,1,4-5,12-15H2. The zero-order valence-electron chi connectivity index (χ0n) is 13.1.